The molecule has 0 saturated carbocycles. The number of amides is 1. The molecule has 0 aromatic carbocycles. The molecule has 1 aliphatic rings. The maximum Gasteiger partial charge on any atom is 0.238 e. The molecule has 158 valence electrons. The quantitative estimate of drug-likeness (QED) is 0.475. The number of aromatic nitrogens is 4. The Kier molecular flexibility index (Phi) is 6.94. The second-order valence-corrected chi connectivity index (χ2v) is 9.86. The summed E-state index contributed by atoms with van der Waals surface area (Å²) in [4.78, 5) is 17.8. The molecule has 3 aromatic rings. The predicted molar refractivity (Wildman–Crippen MR) is 121 cm³/mol. The van der Waals surface area contributed by atoms with E-state index in [0.29, 0.717) is 16.7 Å². The number of anilines is 1. The molecule has 4 rings (SSSR count). The standard InChI is InChI=1S/C19H19Cl2N5O2S2/c1-11(18(27)23-16-14(21)8-12(20)9-22-16)30-19-25-24-17(15-5-3-7-29-15)26(19)10-13-4-2-6-28-13/h3,5,7-9,11,13H,2,4,6,10H2,1H3,(H,22,23,27). The van der Waals surface area contributed by atoms with Crippen LogP contribution in [0.1, 0.15) is 19.8 Å². The lowest BCUT2D eigenvalue weighted by Gasteiger charge is -2.16. The zero-order chi connectivity index (χ0) is 21.1. The normalized spacial score (nSPS) is 17.2. The number of halogens is 2. The summed E-state index contributed by atoms with van der Waals surface area (Å²) in [5.41, 5.74) is 0. The van der Waals surface area contributed by atoms with Crippen LogP contribution in [0.25, 0.3) is 10.7 Å². The van der Waals surface area contributed by atoms with Crippen LogP contribution in [0.4, 0.5) is 5.82 Å². The molecule has 0 bridgehead atoms. The van der Waals surface area contributed by atoms with Crippen molar-refractivity contribution in [3.63, 3.8) is 0 Å². The van der Waals surface area contributed by atoms with E-state index in [1.807, 2.05) is 22.1 Å². The van der Waals surface area contributed by atoms with Gasteiger partial charge in [-0.25, -0.2) is 4.98 Å². The van der Waals surface area contributed by atoms with E-state index >= 15 is 0 Å². The molecule has 7 nitrogen and oxygen atoms in total. The topological polar surface area (TPSA) is 81.9 Å². The predicted octanol–water partition coefficient (Wildman–Crippen LogP) is 5.01. The number of nitrogens with zero attached hydrogens (tertiary/aromatic N) is 4. The van der Waals surface area contributed by atoms with Crippen molar-refractivity contribution in [1.82, 2.24) is 19.7 Å². The summed E-state index contributed by atoms with van der Waals surface area (Å²) in [6.45, 7) is 3.23. The number of hydrogen-bond acceptors (Lipinski definition) is 7. The largest absolute Gasteiger partial charge is 0.376 e. The van der Waals surface area contributed by atoms with E-state index in [1.165, 1.54) is 24.0 Å². The van der Waals surface area contributed by atoms with Crippen molar-refractivity contribution >= 4 is 58.0 Å². The molecule has 4 heterocycles. The first-order valence-electron chi connectivity index (χ1n) is 9.38. The molecule has 0 spiro atoms. The fourth-order valence-electron chi connectivity index (χ4n) is 3.06. The lowest BCUT2D eigenvalue weighted by Crippen LogP contribution is -2.24. The summed E-state index contributed by atoms with van der Waals surface area (Å²) in [6.07, 6.45) is 3.62. The Morgan fingerprint density at radius 2 is 2.33 bits per heavy atom. The zero-order valence-electron chi connectivity index (χ0n) is 16.0. The molecule has 0 radical (unpaired) electrons. The van der Waals surface area contributed by atoms with Gasteiger partial charge in [0.05, 0.1) is 32.8 Å². The number of hydrogen-bond donors (Lipinski definition) is 1. The number of carbonyl (C=O) groups excluding carboxylic acids is 1. The molecule has 1 N–H and O–H groups in total. The van der Waals surface area contributed by atoms with Gasteiger partial charge in [0.2, 0.25) is 5.91 Å². The van der Waals surface area contributed by atoms with E-state index in [4.69, 9.17) is 27.9 Å². The van der Waals surface area contributed by atoms with E-state index in [2.05, 4.69) is 20.5 Å². The van der Waals surface area contributed by atoms with E-state index in [-0.39, 0.29) is 22.9 Å². The molecule has 11 heteroatoms. The third kappa shape index (κ3) is 4.97. The van der Waals surface area contributed by atoms with Crippen LogP contribution in [0.2, 0.25) is 10.0 Å². The lowest BCUT2D eigenvalue weighted by molar-refractivity contribution is -0.115. The maximum atomic E-state index is 12.7. The van der Waals surface area contributed by atoms with Crippen LogP contribution in [-0.2, 0) is 16.1 Å². The molecule has 1 amide bonds. The van der Waals surface area contributed by atoms with Gasteiger partial charge in [0.25, 0.3) is 0 Å². The van der Waals surface area contributed by atoms with Crippen LogP contribution < -0.4 is 5.32 Å². The maximum absolute atomic E-state index is 12.7. The summed E-state index contributed by atoms with van der Waals surface area (Å²) < 4.78 is 7.86. The van der Waals surface area contributed by atoms with Gasteiger partial charge in [0.1, 0.15) is 0 Å². The fourth-order valence-corrected chi connectivity index (χ4v) is 5.06. The third-order valence-corrected chi connectivity index (χ3v) is 7.01. The van der Waals surface area contributed by atoms with Crippen molar-refractivity contribution in [3.8, 4) is 10.7 Å². The minimum Gasteiger partial charge on any atom is -0.376 e. The van der Waals surface area contributed by atoms with Crippen LogP contribution in [0.3, 0.4) is 0 Å². The number of ether oxygens (including phenoxy) is 1. The van der Waals surface area contributed by atoms with E-state index in [9.17, 15) is 4.79 Å². The second-order valence-electron chi connectivity index (χ2n) is 6.76. The molecule has 0 aliphatic carbocycles. The van der Waals surface area contributed by atoms with Gasteiger partial charge in [-0.1, -0.05) is 41.0 Å². The molecule has 2 atom stereocenters. The number of rotatable bonds is 7. The first-order valence-corrected chi connectivity index (χ1v) is 11.9. The fraction of sp³-hybridized carbons (Fsp3) is 0.368. The monoisotopic (exact) mass is 483 g/mol. The molecule has 30 heavy (non-hydrogen) atoms. The van der Waals surface area contributed by atoms with Crippen molar-refractivity contribution < 1.29 is 9.53 Å². The minimum absolute atomic E-state index is 0.125. The Morgan fingerprint density at radius 1 is 1.47 bits per heavy atom. The Labute approximate surface area is 192 Å². The zero-order valence-corrected chi connectivity index (χ0v) is 19.2. The molecular weight excluding hydrogens is 465 g/mol. The Balaban J connectivity index is 1.52. The summed E-state index contributed by atoms with van der Waals surface area (Å²) in [7, 11) is 0. The third-order valence-electron chi connectivity index (χ3n) is 4.57. The van der Waals surface area contributed by atoms with Gasteiger partial charge in [-0.15, -0.1) is 21.5 Å². The minimum atomic E-state index is -0.442. The number of nitrogens with one attached hydrogen (secondary N) is 1. The van der Waals surface area contributed by atoms with Gasteiger partial charge in [-0.3, -0.25) is 9.36 Å². The lowest BCUT2D eigenvalue weighted by atomic mass is 10.2. The number of thiophene rings is 1. The van der Waals surface area contributed by atoms with E-state index in [1.54, 1.807) is 18.3 Å². The van der Waals surface area contributed by atoms with Crippen molar-refractivity contribution in [3.05, 3.63) is 39.8 Å². The van der Waals surface area contributed by atoms with Crippen LogP contribution in [0.15, 0.2) is 34.9 Å². The summed E-state index contributed by atoms with van der Waals surface area (Å²) >= 11 is 14.9. The first-order chi connectivity index (χ1) is 14.5. The highest BCUT2D eigenvalue weighted by atomic mass is 35.5. The average Bonchev–Trinajstić information content (AvgIpc) is 3.47. The van der Waals surface area contributed by atoms with Crippen molar-refractivity contribution in [2.75, 3.05) is 11.9 Å². The van der Waals surface area contributed by atoms with Gasteiger partial charge in [-0.05, 0) is 37.3 Å². The highest BCUT2D eigenvalue weighted by molar-refractivity contribution is 8.00. The smallest absolute Gasteiger partial charge is 0.238 e. The Bertz CT molecular complexity index is 1020. The van der Waals surface area contributed by atoms with E-state index in [0.717, 1.165) is 30.2 Å². The highest BCUT2D eigenvalue weighted by Gasteiger charge is 2.25. The molecular formula is C19H19Cl2N5O2S2. The Morgan fingerprint density at radius 3 is 3.03 bits per heavy atom. The molecule has 1 aliphatic heterocycles. The van der Waals surface area contributed by atoms with Crippen LogP contribution >= 0.6 is 46.3 Å². The van der Waals surface area contributed by atoms with E-state index < -0.39 is 5.25 Å². The van der Waals surface area contributed by atoms with Gasteiger partial charge in [0.15, 0.2) is 16.8 Å². The summed E-state index contributed by atoms with van der Waals surface area (Å²) in [5.74, 6) is 0.831. The average molecular weight is 484 g/mol. The summed E-state index contributed by atoms with van der Waals surface area (Å²) in [5, 5.41) is 14.4. The van der Waals surface area contributed by atoms with Crippen LogP contribution in [-0.4, -0.2) is 43.6 Å². The second kappa shape index (κ2) is 9.65. The van der Waals surface area contributed by atoms with Crippen molar-refractivity contribution in [2.24, 2.45) is 0 Å². The Hall–Kier alpha value is -1.65. The SMILES string of the molecule is CC(Sc1nnc(-c2cccs2)n1CC1CCCO1)C(=O)Nc1ncc(Cl)cc1Cl. The van der Waals surface area contributed by atoms with Crippen LogP contribution in [0, 0.1) is 0 Å². The number of thioether (sulfide) groups is 1. The molecule has 2 unspecified atom stereocenters. The number of carbonyl (C=O) groups is 1. The van der Waals surface area contributed by atoms with Crippen molar-refractivity contribution in [2.45, 2.75) is 42.8 Å². The van der Waals surface area contributed by atoms with Crippen molar-refractivity contribution in [1.29, 1.82) is 0 Å². The summed E-state index contributed by atoms with van der Waals surface area (Å²) in [6, 6.07) is 5.53. The first kappa shape index (κ1) is 21.6. The van der Waals surface area contributed by atoms with Gasteiger partial charge in [0, 0.05) is 12.8 Å². The van der Waals surface area contributed by atoms with Gasteiger partial charge < -0.3 is 10.1 Å². The highest BCUT2D eigenvalue weighted by Crippen LogP contribution is 2.31. The molecule has 1 saturated heterocycles. The van der Waals surface area contributed by atoms with Crippen LogP contribution in [0.5, 0.6) is 0 Å². The van der Waals surface area contributed by atoms with Gasteiger partial charge >= 0.3 is 0 Å². The van der Waals surface area contributed by atoms with Gasteiger partial charge in [-0.2, -0.15) is 0 Å². The molecule has 3 aromatic heterocycles. The number of pyridine rings is 1. The molecule has 1 fully saturated rings.